The van der Waals surface area contributed by atoms with E-state index in [9.17, 15) is 9.59 Å². The Kier molecular flexibility index (Phi) is 5.22. The summed E-state index contributed by atoms with van der Waals surface area (Å²) in [5.41, 5.74) is 2.73. The van der Waals surface area contributed by atoms with Gasteiger partial charge in [0.15, 0.2) is 4.80 Å². The van der Waals surface area contributed by atoms with Crippen LogP contribution >= 0.6 is 11.3 Å². The number of benzene rings is 2. The first-order valence-electron chi connectivity index (χ1n) is 9.23. The standard InChI is InChI=1S/C22H20N4O2S/c1-15-7-9-16(10-8-15)14-26-11-12-29-22(26)23-20(27)13-19-17-5-3-4-6-18(17)21(28)25(2)24-19/h3-12H,13-14H2,1-2H3. The predicted octanol–water partition coefficient (Wildman–Crippen LogP) is 2.82. The molecule has 0 atom stereocenters. The molecule has 2 aromatic heterocycles. The summed E-state index contributed by atoms with van der Waals surface area (Å²) in [5, 5.41) is 7.45. The number of hydrogen-bond donors (Lipinski definition) is 0. The van der Waals surface area contributed by atoms with Gasteiger partial charge >= 0.3 is 0 Å². The SMILES string of the molecule is Cc1ccc(Cn2ccsc2=NC(=O)Cc2nn(C)c(=O)c3ccccc23)cc1. The molecule has 29 heavy (non-hydrogen) atoms. The number of thiazole rings is 1. The minimum atomic E-state index is -0.290. The number of carbonyl (C=O) groups excluding carboxylic acids is 1. The lowest BCUT2D eigenvalue weighted by Crippen LogP contribution is -2.23. The van der Waals surface area contributed by atoms with Gasteiger partial charge in [-0.25, -0.2) is 4.68 Å². The highest BCUT2D eigenvalue weighted by Gasteiger charge is 2.12. The molecule has 0 spiro atoms. The normalized spacial score (nSPS) is 11.9. The molecule has 0 saturated carbocycles. The number of carbonyl (C=O) groups is 1. The lowest BCUT2D eigenvalue weighted by Gasteiger charge is -2.06. The highest BCUT2D eigenvalue weighted by Crippen LogP contribution is 2.14. The van der Waals surface area contributed by atoms with Crippen molar-refractivity contribution < 1.29 is 4.79 Å². The summed E-state index contributed by atoms with van der Waals surface area (Å²) in [5.74, 6) is -0.290. The molecule has 0 aliphatic rings. The van der Waals surface area contributed by atoms with Crippen LogP contribution in [-0.4, -0.2) is 20.3 Å². The molecule has 2 aromatic carbocycles. The fraction of sp³-hybridized carbons (Fsp3) is 0.182. The first-order valence-corrected chi connectivity index (χ1v) is 10.1. The van der Waals surface area contributed by atoms with Gasteiger partial charge < -0.3 is 4.57 Å². The largest absolute Gasteiger partial charge is 0.319 e. The first kappa shape index (κ1) is 19.0. The van der Waals surface area contributed by atoms with E-state index in [1.807, 2.05) is 28.3 Å². The van der Waals surface area contributed by atoms with Crippen molar-refractivity contribution in [1.29, 1.82) is 0 Å². The maximum absolute atomic E-state index is 12.7. The van der Waals surface area contributed by atoms with Gasteiger partial charge in [-0.2, -0.15) is 10.1 Å². The van der Waals surface area contributed by atoms with E-state index >= 15 is 0 Å². The van der Waals surface area contributed by atoms with Crippen LogP contribution in [0.4, 0.5) is 0 Å². The van der Waals surface area contributed by atoms with Crippen molar-refractivity contribution in [3.63, 3.8) is 0 Å². The third-order valence-corrected chi connectivity index (χ3v) is 5.50. The summed E-state index contributed by atoms with van der Waals surface area (Å²) in [6, 6.07) is 15.5. The highest BCUT2D eigenvalue weighted by atomic mass is 32.1. The molecular formula is C22H20N4O2S. The van der Waals surface area contributed by atoms with Crippen molar-refractivity contribution >= 4 is 28.0 Å². The molecule has 2 heterocycles. The van der Waals surface area contributed by atoms with Gasteiger partial charge in [0, 0.05) is 30.6 Å². The summed E-state index contributed by atoms with van der Waals surface area (Å²) in [4.78, 5) is 29.9. The Morgan fingerprint density at radius 3 is 2.59 bits per heavy atom. The van der Waals surface area contributed by atoms with Crippen molar-refractivity contribution in [2.45, 2.75) is 19.9 Å². The molecule has 0 aliphatic carbocycles. The van der Waals surface area contributed by atoms with Crippen LogP contribution in [-0.2, 0) is 24.8 Å². The summed E-state index contributed by atoms with van der Waals surface area (Å²) >= 11 is 1.42. The average molecular weight is 404 g/mol. The second-order valence-electron chi connectivity index (χ2n) is 6.90. The monoisotopic (exact) mass is 404 g/mol. The van der Waals surface area contributed by atoms with E-state index in [1.165, 1.54) is 21.6 Å². The maximum atomic E-state index is 12.7. The Hall–Kier alpha value is -3.32. The molecule has 4 aromatic rings. The number of rotatable bonds is 4. The molecule has 0 fully saturated rings. The Morgan fingerprint density at radius 2 is 1.83 bits per heavy atom. The van der Waals surface area contributed by atoms with Crippen LogP contribution in [0.5, 0.6) is 0 Å². The summed E-state index contributed by atoms with van der Waals surface area (Å²) in [6.07, 6.45) is 1.97. The van der Waals surface area contributed by atoms with Gasteiger partial charge in [0.1, 0.15) is 0 Å². The number of aromatic nitrogens is 3. The zero-order chi connectivity index (χ0) is 20.4. The van der Waals surface area contributed by atoms with Gasteiger partial charge in [-0.15, -0.1) is 11.3 Å². The number of hydrogen-bond acceptors (Lipinski definition) is 4. The minimum Gasteiger partial charge on any atom is -0.319 e. The van der Waals surface area contributed by atoms with Gasteiger partial charge in [0.05, 0.1) is 17.5 Å². The summed E-state index contributed by atoms with van der Waals surface area (Å²) < 4.78 is 3.23. The van der Waals surface area contributed by atoms with E-state index in [4.69, 9.17) is 0 Å². The van der Waals surface area contributed by atoms with Gasteiger partial charge in [-0.1, -0.05) is 48.0 Å². The smallest absolute Gasteiger partial charge is 0.274 e. The van der Waals surface area contributed by atoms with E-state index in [0.717, 1.165) is 5.56 Å². The zero-order valence-corrected chi connectivity index (χ0v) is 17.0. The number of fused-ring (bicyclic) bond motifs is 1. The Morgan fingerprint density at radius 1 is 1.10 bits per heavy atom. The van der Waals surface area contributed by atoms with E-state index < -0.39 is 0 Å². The molecular weight excluding hydrogens is 384 g/mol. The van der Waals surface area contributed by atoms with E-state index in [-0.39, 0.29) is 17.9 Å². The Balaban J connectivity index is 1.63. The predicted molar refractivity (Wildman–Crippen MR) is 114 cm³/mol. The molecule has 4 rings (SSSR count). The third-order valence-electron chi connectivity index (χ3n) is 4.71. The lowest BCUT2D eigenvalue weighted by atomic mass is 10.1. The summed E-state index contributed by atoms with van der Waals surface area (Å²) in [7, 11) is 1.59. The van der Waals surface area contributed by atoms with Gasteiger partial charge in [-0.05, 0) is 18.6 Å². The van der Waals surface area contributed by atoms with Crippen LogP contribution in [0.1, 0.15) is 16.8 Å². The second-order valence-corrected chi connectivity index (χ2v) is 7.78. The molecule has 0 unspecified atom stereocenters. The van der Waals surface area contributed by atoms with Gasteiger partial charge in [0.2, 0.25) is 0 Å². The van der Waals surface area contributed by atoms with Crippen LogP contribution in [0.25, 0.3) is 10.8 Å². The van der Waals surface area contributed by atoms with Crippen LogP contribution in [0, 0.1) is 6.92 Å². The number of nitrogens with zero attached hydrogens (tertiary/aromatic N) is 4. The third kappa shape index (κ3) is 4.09. The molecule has 1 amide bonds. The topological polar surface area (TPSA) is 69.2 Å². The first-order chi connectivity index (χ1) is 14.0. The number of aryl methyl sites for hydroxylation is 2. The van der Waals surface area contributed by atoms with E-state index in [0.29, 0.717) is 27.8 Å². The number of amides is 1. The van der Waals surface area contributed by atoms with Crippen LogP contribution in [0.2, 0.25) is 0 Å². The molecule has 6 nitrogen and oxygen atoms in total. The fourth-order valence-corrected chi connectivity index (χ4v) is 3.94. The molecule has 146 valence electrons. The minimum absolute atomic E-state index is 0.0388. The van der Waals surface area contributed by atoms with Crippen LogP contribution < -0.4 is 10.4 Å². The van der Waals surface area contributed by atoms with Crippen LogP contribution in [0.15, 0.2) is 69.9 Å². The molecule has 0 saturated heterocycles. The molecule has 7 heteroatoms. The highest BCUT2D eigenvalue weighted by molar-refractivity contribution is 7.07. The Bertz CT molecular complexity index is 1310. The maximum Gasteiger partial charge on any atom is 0.274 e. The zero-order valence-electron chi connectivity index (χ0n) is 16.2. The van der Waals surface area contributed by atoms with Gasteiger partial charge in [-0.3, -0.25) is 9.59 Å². The fourth-order valence-electron chi connectivity index (χ4n) is 3.19. The molecule has 0 bridgehead atoms. The van der Waals surface area contributed by atoms with Gasteiger partial charge in [0.25, 0.3) is 11.5 Å². The second kappa shape index (κ2) is 7.97. The quantitative estimate of drug-likeness (QED) is 0.525. The van der Waals surface area contributed by atoms with E-state index in [2.05, 4.69) is 41.3 Å². The lowest BCUT2D eigenvalue weighted by molar-refractivity contribution is -0.117. The van der Waals surface area contributed by atoms with Crippen molar-refractivity contribution in [1.82, 2.24) is 14.3 Å². The van der Waals surface area contributed by atoms with Crippen molar-refractivity contribution in [3.8, 4) is 0 Å². The Labute approximate surface area is 171 Å². The van der Waals surface area contributed by atoms with Crippen molar-refractivity contribution in [2.24, 2.45) is 12.0 Å². The summed E-state index contributed by atoms with van der Waals surface area (Å²) in [6.45, 7) is 2.70. The van der Waals surface area contributed by atoms with Crippen molar-refractivity contribution in [3.05, 3.63) is 92.1 Å². The van der Waals surface area contributed by atoms with E-state index in [1.54, 1.807) is 19.2 Å². The molecule has 0 N–H and O–H groups in total. The molecule has 0 radical (unpaired) electrons. The van der Waals surface area contributed by atoms with Crippen LogP contribution in [0.3, 0.4) is 0 Å². The average Bonchev–Trinajstić information content (AvgIpc) is 3.14. The molecule has 0 aliphatic heterocycles. The van der Waals surface area contributed by atoms with Crippen molar-refractivity contribution in [2.75, 3.05) is 0 Å².